The molecular weight excluding hydrogens is 202 g/mol. The van der Waals surface area contributed by atoms with Crippen LogP contribution in [-0.2, 0) is 0 Å². The molecule has 3 heteroatoms. The Labute approximate surface area is 97.4 Å². The first-order chi connectivity index (χ1) is 7.63. The van der Waals surface area contributed by atoms with Crippen LogP contribution in [0.2, 0.25) is 0 Å². The Balaban J connectivity index is 2.52. The third-order valence-corrected chi connectivity index (χ3v) is 2.30. The molecule has 90 valence electrons. The van der Waals surface area contributed by atoms with Crippen LogP contribution in [0.3, 0.4) is 0 Å². The molecule has 0 bridgehead atoms. The number of rotatable bonds is 6. The highest BCUT2D eigenvalue weighted by atomic mass is 16.5. The molecule has 0 spiro atoms. The van der Waals surface area contributed by atoms with Crippen LogP contribution in [0.1, 0.15) is 32.4 Å². The maximum atomic E-state index is 9.89. The van der Waals surface area contributed by atoms with Gasteiger partial charge in [0.15, 0.2) is 0 Å². The number of aliphatic hydroxyl groups is 1. The monoisotopic (exact) mass is 223 g/mol. The molecule has 1 aromatic carbocycles. The second kappa shape index (κ2) is 6.51. The predicted molar refractivity (Wildman–Crippen MR) is 65.7 cm³/mol. The van der Waals surface area contributed by atoms with Gasteiger partial charge < -0.3 is 15.2 Å². The molecule has 0 aliphatic rings. The van der Waals surface area contributed by atoms with Crippen molar-refractivity contribution >= 4 is 0 Å². The second-order valence-corrected chi connectivity index (χ2v) is 4.08. The standard InChI is InChI=1S/C13H21NO2/c1-4-16-12-7-5-11(6-8-12)13(15)9-14-10(2)3/h5-8,10,13-15H,4,9H2,1-3H3. The van der Waals surface area contributed by atoms with Crippen LogP contribution in [0, 0.1) is 0 Å². The molecule has 0 heterocycles. The molecule has 0 radical (unpaired) electrons. The molecule has 1 rings (SSSR count). The van der Waals surface area contributed by atoms with Gasteiger partial charge in [0.2, 0.25) is 0 Å². The minimum atomic E-state index is -0.460. The molecule has 3 nitrogen and oxygen atoms in total. The first-order valence-electron chi connectivity index (χ1n) is 5.77. The third kappa shape index (κ3) is 4.21. The minimum absolute atomic E-state index is 0.386. The van der Waals surface area contributed by atoms with Crippen molar-refractivity contribution in [2.75, 3.05) is 13.2 Å². The van der Waals surface area contributed by atoms with Gasteiger partial charge in [-0.05, 0) is 24.6 Å². The molecule has 2 N–H and O–H groups in total. The van der Waals surface area contributed by atoms with Gasteiger partial charge in [0.05, 0.1) is 12.7 Å². The number of benzene rings is 1. The van der Waals surface area contributed by atoms with E-state index < -0.39 is 6.10 Å². The van der Waals surface area contributed by atoms with Crippen LogP contribution in [0.15, 0.2) is 24.3 Å². The lowest BCUT2D eigenvalue weighted by Gasteiger charge is -2.14. The van der Waals surface area contributed by atoms with Crippen molar-refractivity contribution in [2.24, 2.45) is 0 Å². The largest absolute Gasteiger partial charge is 0.494 e. The summed E-state index contributed by atoms with van der Waals surface area (Å²) in [6.07, 6.45) is -0.460. The Morgan fingerprint density at radius 3 is 2.38 bits per heavy atom. The van der Waals surface area contributed by atoms with E-state index in [-0.39, 0.29) is 0 Å². The average molecular weight is 223 g/mol. The fraction of sp³-hybridized carbons (Fsp3) is 0.538. The number of ether oxygens (including phenoxy) is 1. The number of aliphatic hydroxyl groups excluding tert-OH is 1. The lowest BCUT2D eigenvalue weighted by Crippen LogP contribution is -2.27. The van der Waals surface area contributed by atoms with Gasteiger partial charge in [0.1, 0.15) is 5.75 Å². The highest BCUT2D eigenvalue weighted by molar-refractivity contribution is 5.28. The summed E-state index contributed by atoms with van der Waals surface area (Å²) in [5.41, 5.74) is 0.914. The second-order valence-electron chi connectivity index (χ2n) is 4.08. The summed E-state index contributed by atoms with van der Waals surface area (Å²) in [4.78, 5) is 0. The van der Waals surface area contributed by atoms with E-state index in [4.69, 9.17) is 4.74 Å². The van der Waals surface area contributed by atoms with Crippen molar-refractivity contribution in [3.05, 3.63) is 29.8 Å². The van der Waals surface area contributed by atoms with Crippen molar-refractivity contribution in [2.45, 2.75) is 32.9 Å². The van der Waals surface area contributed by atoms with Gasteiger partial charge in [-0.1, -0.05) is 26.0 Å². The van der Waals surface area contributed by atoms with E-state index in [2.05, 4.69) is 19.2 Å². The van der Waals surface area contributed by atoms with Gasteiger partial charge >= 0.3 is 0 Å². The topological polar surface area (TPSA) is 41.5 Å². The normalized spacial score (nSPS) is 12.8. The fourth-order valence-corrected chi connectivity index (χ4v) is 1.42. The van der Waals surface area contributed by atoms with E-state index in [1.807, 2.05) is 31.2 Å². The zero-order valence-electron chi connectivity index (χ0n) is 10.2. The molecule has 0 aliphatic carbocycles. The van der Waals surface area contributed by atoms with Crippen LogP contribution in [0.5, 0.6) is 5.75 Å². The van der Waals surface area contributed by atoms with Crippen LogP contribution in [0.25, 0.3) is 0 Å². The summed E-state index contributed by atoms with van der Waals surface area (Å²) in [5.74, 6) is 0.843. The summed E-state index contributed by atoms with van der Waals surface area (Å²) in [5, 5.41) is 13.1. The maximum absolute atomic E-state index is 9.89. The highest BCUT2D eigenvalue weighted by Gasteiger charge is 2.07. The van der Waals surface area contributed by atoms with E-state index in [1.165, 1.54) is 0 Å². The minimum Gasteiger partial charge on any atom is -0.494 e. The van der Waals surface area contributed by atoms with Gasteiger partial charge in [-0.25, -0.2) is 0 Å². The molecule has 1 unspecified atom stereocenters. The van der Waals surface area contributed by atoms with E-state index in [9.17, 15) is 5.11 Å². The lowest BCUT2D eigenvalue weighted by atomic mass is 10.1. The zero-order chi connectivity index (χ0) is 12.0. The Morgan fingerprint density at radius 1 is 1.25 bits per heavy atom. The Morgan fingerprint density at radius 2 is 1.88 bits per heavy atom. The number of nitrogens with one attached hydrogen (secondary N) is 1. The summed E-state index contributed by atoms with van der Waals surface area (Å²) < 4.78 is 5.34. The first kappa shape index (κ1) is 13.0. The quantitative estimate of drug-likeness (QED) is 0.776. The van der Waals surface area contributed by atoms with E-state index in [0.29, 0.717) is 19.2 Å². The van der Waals surface area contributed by atoms with Crippen LogP contribution in [0.4, 0.5) is 0 Å². The maximum Gasteiger partial charge on any atom is 0.119 e. The van der Waals surface area contributed by atoms with Crippen LogP contribution < -0.4 is 10.1 Å². The smallest absolute Gasteiger partial charge is 0.119 e. The molecule has 0 saturated carbocycles. The Kier molecular flexibility index (Phi) is 5.29. The molecule has 0 aliphatic heterocycles. The first-order valence-corrected chi connectivity index (χ1v) is 5.77. The molecule has 16 heavy (non-hydrogen) atoms. The summed E-state index contributed by atoms with van der Waals surface area (Å²) in [6, 6.07) is 7.96. The van der Waals surface area contributed by atoms with Crippen molar-refractivity contribution in [1.82, 2.24) is 5.32 Å². The fourth-order valence-electron chi connectivity index (χ4n) is 1.42. The van der Waals surface area contributed by atoms with Gasteiger partial charge in [0.25, 0.3) is 0 Å². The average Bonchev–Trinajstić information content (AvgIpc) is 2.27. The summed E-state index contributed by atoms with van der Waals surface area (Å²) >= 11 is 0. The van der Waals surface area contributed by atoms with E-state index in [0.717, 1.165) is 11.3 Å². The SMILES string of the molecule is CCOc1ccc(C(O)CNC(C)C)cc1. The van der Waals surface area contributed by atoms with Crippen molar-refractivity contribution < 1.29 is 9.84 Å². The van der Waals surface area contributed by atoms with Gasteiger partial charge in [-0.15, -0.1) is 0 Å². The van der Waals surface area contributed by atoms with Crippen LogP contribution >= 0.6 is 0 Å². The van der Waals surface area contributed by atoms with Crippen molar-refractivity contribution in [3.63, 3.8) is 0 Å². The molecular formula is C13H21NO2. The highest BCUT2D eigenvalue weighted by Crippen LogP contribution is 2.17. The Bertz CT molecular complexity index is 295. The Hall–Kier alpha value is -1.06. The lowest BCUT2D eigenvalue weighted by molar-refractivity contribution is 0.171. The van der Waals surface area contributed by atoms with Gasteiger partial charge in [-0.2, -0.15) is 0 Å². The third-order valence-electron chi connectivity index (χ3n) is 2.30. The van der Waals surface area contributed by atoms with Gasteiger partial charge in [-0.3, -0.25) is 0 Å². The van der Waals surface area contributed by atoms with E-state index in [1.54, 1.807) is 0 Å². The predicted octanol–water partition coefficient (Wildman–Crippen LogP) is 2.12. The molecule has 0 aromatic heterocycles. The molecule has 0 fully saturated rings. The zero-order valence-corrected chi connectivity index (χ0v) is 10.2. The van der Waals surface area contributed by atoms with E-state index >= 15 is 0 Å². The van der Waals surface area contributed by atoms with Crippen LogP contribution in [-0.4, -0.2) is 24.3 Å². The number of hydrogen-bond acceptors (Lipinski definition) is 3. The summed E-state index contributed by atoms with van der Waals surface area (Å²) in [7, 11) is 0. The van der Waals surface area contributed by atoms with Crippen molar-refractivity contribution in [1.29, 1.82) is 0 Å². The molecule has 1 atom stereocenters. The number of hydrogen-bond donors (Lipinski definition) is 2. The molecule has 0 amide bonds. The molecule has 1 aromatic rings. The summed E-state index contributed by atoms with van der Waals surface area (Å²) in [6.45, 7) is 7.31. The van der Waals surface area contributed by atoms with Crippen molar-refractivity contribution in [3.8, 4) is 5.75 Å². The van der Waals surface area contributed by atoms with Gasteiger partial charge in [0, 0.05) is 12.6 Å². The molecule has 0 saturated heterocycles.